The van der Waals surface area contributed by atoms with Gasteiger partial charge in [-0.05, 0) is 12.1 Å². The van der Waals surface area contributed by atoms with Gasteiger partial charge in [0, 0.05) is 0 Å². The maximum atomic E-state index is 8.33. The van der Waals surface area contributed by atoms with Crippen molar-refractivity contribution in [2.24, 2.45) is 5.16 Å². The van der Waals surface area contributed by atoms with Crippen LogP contribution in [0.15, 0.2) is 11.1 Å². The molecule has 0 unspecified atom stereocenters. The summed E-state index contributed by atoms with van der Waals surface area (Å²) in [7, 11) is 7.24. The topological polar surface area (TPSA) is 70.1 Å². The van der Waals surface area contributed by atoms with Crippen molar-refractivity contribution in [2.45, 2.75) is 6.92 Å². The third-order valence-corrected chi connectivity index (χ3v) is 1.44. The van der Waals surface area contributed by atoms with Gasteiger partial charge in [-0.3, -0.25) is 4.84 Å². The van der Waals surface area contributed by atoms with E-state index >= 15 is 0 Å². The van der Waals surface area contributed by atoms with Crippen molar-refractivity contribution >= 4 is 11.9 Å². The first-order chi connectivity index (χ1) is 8.02. The van der Waals surface area contributed by atoms with Crippen LogP contribution in [0.2, 0.25) is 0 Å². The van der Waals surface area contributed by atoms with Crippen LogP contribution in [-0.2, 0) is 14.3 Å². The third-order valence-electron chi connectivity index (χ3n) is 1.44. The lowest BCUT2D eigenvalue weighted by atomic mass is 10.8. The second kappa shape index (κ2) is 8.02. The minimum Gasteiger partial charge on any atom is -0.458 e. The Labute approximate surface area is 101 Å². The van der Waals surface area contributed by atoms with Gasteiger partial charge in [0.2, 0.25) is 0 Å². The highest BCUT2D eigenvalue weighted by molar-refractivity contribution is 5.68. The lowest BCUT2D eigenvalue weighted by molar-refractivity contribution is -0.480. The zero-order valence-corrected chi connectivity index (χ0v) is 10.7. The molecule has 0 spiro atoms. The van der Waals surface area contributed by atoms with Crippen LogP contribution in [0.5, 0.6) is 0 Å². The highest BCUT2D eigenvalue weighted by Crippen LogP contribution is 1.93. The molecular formula is C10H17N4O3+. The van der Waals surface area contributed by atoms with Gasteiger partial charge in [-0.15, -0.1) is 5.26 Å². The Morgan fingerprint density at radius 3 is 2.47 bits per heavy atom. The van der Waals surface area contributed by atoms with E-state index in [4.69, 9.17) is 14.8 Å². The van der Waals surface area contributed by atoms with Gasteiger partial charge in [-0.2, -0.15) is 0 Å². The fraction of sp³-hybridized carbons (Fsp3) is 0.600. The Balaban J connectivity index is 4.76. The molecule has 17 heavy (non-hydrogen) atoms. The number of ether oxygens (including phenoxy) is 2. The van der Waals surface area contributed by atoms with Crippen molar-refractivity contribution in [2.75, 3.05) is 34.8 Å². The van der Waals surface area contributed by atoms with Crippen LogP contribution in [0, 0.1) is 11.5 Å². The molecule has 0 aliphatic heterocycles. The van der Waals surface area contributed by atoms with Gasteiger partial charge in [-0.25, -0.2) is 9.48 Å². The summed E-state index contributed by atoms with van der Waals surface area (Å²) in [4.78, 5) is 6.81. The molecule has 0 amide bonds. The van der Waals surface area contributed by atoms with Gasteiger partial charge in [0.15, 0.2) is 0 Å². The Morgan fingerprint density at radius 1 is 1.41 bits per heavy atom. The molecule has 7 nitrogen and oxygen atoms in total. The van der Waals surface area contributed by atoms with Crippen LogP contribution in [0.1, 0.15) is 6.92 Å². The first-order valence-corrected chi connectivity index (χ1v) is 4.93. The van der Waals surface area contributed by atoms with Crippen LogP contribution >= 0.6 is 0 Å². The third kappa shape index (κ3) is 6.07. The smallest absolute Gasteiger partial charge is 0.458 e. The fourth-order valence-corrected chi connectivity index (χ4v) is 0.921. The molecule has 0 aromatic rings. The summed E-state index contributed by atoms with van der Waals surface area (Å²) in [5, 5.41) is 11.9. The summed E-state index contributed by atoms with van der Waals surface area (Å²) < 4.78 is 11.1. The summed E-state index contributed by atoms with van der Waals surface area (Å²) in [5.41, 5.74) is 0. The molecule has 0 aliphatic rings. The lowest BCUT2D eigenvalue weighted by Crippen LogP contribution is -2.30. The quantitative estimate of drug-likeness (QED) is 0.175. The molecule has 7 heteroatoms. The summed E-state index contributed by atoms with van der Waals surface area (Å²) in [6.45, 7) is 2.10. The number of nitriles is 1. The van der Waals surface area contributed by atoms with E-state index in [-0.39, 0.29) is 5.95 Å². The molecule has 0 aliphatic carbocycles. The molecule has 0 fully saturated rings. The summed E-state index contributed by atoms with van der Waals surface area (Å²) in [6.07, 6.45) is 1.47. The zero-order chi connectivity index (χ0) is 13.3. The van der Waals surface area contributed by atoms with E-state index in [1.807, 2.05) is 28.2 Å². The van der Waals surface area contributed by atoms with Crippen molar-refractivity contribution < 1.29 is 18.9 Å². The lowest BCUT2D eigenvalue weighted by Gasteiger charge is -2.06. The first-order valence-electron chi connectivity index (χ1n) is 4.93. The van der Waals surface area contributed by atoms with Crippen molar-refractivity contribution in [3.63, 3.8) is 0 Å². The number of hydrogen-bond donors (Lipinski definition) is 0. The fourth-order valence-electron chi connectivity index (χ4n) is 0.921. The Morgan fingerprint density at radius 2 is 2.06 bits per heavy atom. The van der Waals surface area contributed by atoms with Gasteiger partial charge in [0.05, 0.1) is 34.8 Å². The van der Waals surface area contributed by atoms with Crippen molar-refractivity contribution in [3.05, 3.63) is 5.95 Å². The number of amidine groups is 1. The van der Waals surface area contributed by atoms with E-state index in [1.165, 1.54) is 6.26 Å². The van der Waals surface area contributed by atoms with Crippen LogP contribution < -0.4 is 0 Å². The van der Waals surface area contributed by atoms with Crippen LogP contribution in [0.4, 0.5) is 0 Å². The van der Waals surface area contributed by atoms with E-state index in [0.717, 1.165) is 0 Å². The van der Waals surface area contributed by atoms with Gasteiger partial charge in [0.25, 0.3) is 6.26 Å². The largest absolute Gasteiger partial charge is 0.472 e. The number of nitrogens with zero attached hydrogens (tertiary/aromatic N) is 4. The van der Waals surface area contributed by atoms with E-state index < -0.39 is 0 Å². The van der Waals surface area contributed by atoms with E-state index in [9.17, 15) is 0 Å². The maximum Gasteiger partial charge on any atom is 0.472 e. The molecule has 0 bridgehead atoms. The average Bonchev–Trinajstić information content (AvgIpc) is 2.23. The summed E-state index contributed by atoms with van der Waals surface area (Å²) in [5.74, 6) is 2.21. The minimum atomic E-state index is -0.133. The average molecular weight is 241 g/mol. The summed E-state index contributed by atoms with van der Waals surface area (Å²) >= 11 is 0. The van der Waals surface area contributed by atoms with Gasteiger partial charge >= 0.3 is 12.0 Å². The second-order valence-electron chi connectivity index (χ2n) is 3.28. The van der Waals surface area contributed by atoms with Crippen molar-refractivity contribution in [1.82, 2.24) is 4.90 Å². The first kappa shape index (κ1) is 14.8. The van der Waals surface area contributed by atoms with E-state index in [1.54, 1.807) is 16.4 Å². The van der Waals surface area contributed by atoms with Crippen LogP contribution in [-0.4, -0.2) is 56.2 Å². The highest BCUT2D eigenvalue weighted by Gasteiger charge is 2.12. The molecule has 0 aromatic heterocycles. The van der Waals surface area contributed by atoms with Crippen molar-refractivity contribution in [3.8, 4) is 6.26 Å². The maximum absolute atomic E-state index is 8.33. The molecule has 0 rings (SSSR count). The molecule has 0 saturated heterocycles. The van der Waals surface area contributed by atoms with Gasteiger partial charge < -0.3 is 9.47 Å². The molecular weight excluding hydrogens is 224 g/mol. The molecule has 0 atom stereocenters. The van der Waals surface area contributed by atoms with E-state index in [0.29, 0.717) is 12.6 Å². The zero-order valence-electron chi connectivity index (χ0n) is 10.7. The summed E-state index contributed by atoms with van der Waals surface area (Å²) in [6, 6.07) is 0.505. The predicted molar refractivity (Wildman–Crippen MR) is 61.2 cm³/mol. The number of rotatable bonds is 4. The van der Waals surface area contributed by atoms with E-state index in [2.05, 4.69) is 15.8 Å². The SMILES string of the molecule is CCOC(=C=NOC(N(C)C)=[N+](C)C)OC#N. The Bertz CT molecular complexity index is 372. The highest BCUT2D eigenvalue weighted by atomic mass is 16.7. The molecule has 0 saturated carbocycles. The monoisotopic (exact) mass is 241 g/mol. The molecule has 0 radical (unpaired) electrons. The van der Waals surface area contributed by atoms with Crippen molar-refractivity contribution in [1.29, 1.82) is 5.26 Å². The molecule has 0 N–H and O–H groups in total. The number of hydrogen-bond acceptors (Lipinski definition) is 5. The minimum absolute atomic E-state index is 0.133. The predicted octanol–water partition coefficient (Wildman–Crippen LogP) is 0.153. The second-order valence-corrected chi connectivity index (χ2v) is 3.28. The Hall–Kier alpha value is -2.19. The standard InChI is InChI=1S/C10H17N4O3/c1-6-15-9(16-8-11)7-12-17-10(13(2)3)14(4)5/h6H2,1-5H3/q+1. The van der Waals surface area contributed by atoms with Gasteiger partial charge in [0.1, 0.15) is 5.87 Å². The molecule has 0 heterocycles. The van der Waals surface area contributed by atoms with Crippen LogP contribution in [0.25, 0.3) is 0 Å². The molecule has 94 valence electrons. The van der Waals surface area contributed by atoms with Crippen LogP contribution in [0.3, 0.4) is 0 Å². The normalized spacial score (nSPS) is 8.24. The Kier molecular flexibility index (Phi) is 6.99. The molecule has 0 aromatic carbocycles. The van der Waals surface area contributed by atoms with Gasteiger partial charge in [-0.1, -0.05) is 0 Å².